The predicted molar refractivity (Wildman–Crippen MR) is 89.1 cm³/mol. The molecular weight excluding hydrogens is 354 g/mol. The summed E-state index contributed by atoms with van der Waals surface area (Å²) in [5.41, 5.74) is 11.2. The Labute approximate surface area is 144 Å². The molecule has 23 heavy (non-hydrogen) atoms. The number of likely N-dealkylation sites (tertiary alicyclic amines) is 1. The Morgan fingerprint density at radius 1 is 0.957 bits per heavy atom. The first-order chi connectivity index (χ1) is 9.97. The molecule has 4 N–H and O–H groups in total. The molecule has 0 aromatic heterocycles. The van der Waals surface area contributed by atoms with Crippen molar-refractivity contribution in [2.75, 3.05) is 13.1 Å². The number of hydrogen-bond acceptors (Lipinski definition) is 1. The number of rotatable bonds is 1. The maximum Gasteiger partial charge on any atom is 0.223 e. The lowest BCUT2D eigenvalue weighted by molar-refractivity contribution is 0.339. The Bertz CT molecular complexity index is 566. The summed E-state index contributed by atoms with van der Waals surface area (Å²) in [4.78, 5) is 9.46. The fourth-order valence-corrected chi connectivity index (χ4v) is 2.08. The molecular formula is C13H18Cl2F3N5. The van der Waals surface area contributed by atoms with E-state index in [-0.39, 0.29) is 42.4 Å². The summed E-state index contributed by atoms with van der Waals surface area (Å²) >= 11 is 0. The van der Waals surface area contributed by atoms with Gasteiger partial charge in [0.1, 0.15) is 0 Å². The molecule has 0 atom stereocenters. The van der Waals surface area contributed by atoms with Crippen LogP contribution in [0.4, 0.5) is 18.9 Å². The van der Waals surface area contributed by atoms with Crippen LogP contribution in [0.1, 0.15) is 19.3 Å². The second-order valence-electron chi connectivity index (χ2n) is 4.71. The maximum atomic E-state index is 13.0. The maximum absolute atomic E-state index is 13.0. The van der Waals surface area contributed by atoms with Gasteiger partial charge in [-0.05, 0) is 19.3 Å². The van der Waals surface area contributed by atoms with Crippen LogP contribution in [0.5, 0.6) is 0 Å². The van der Waals surface area contributed by atoms with Crippen LogP contribution in [0.2, 0.25) is 0 Å². The van der Waals surface area contributed by atoms with E-state index in [9.17, 15) is 13.2 Å². The third-order valence-corrected chi connectivity index (χ3v) is 3.12. The van der Waals surface area contributed by atoms with Gasteiger partial charge < -0.3 is 16.4 Å². The highest BCUT2D eigenvalue weighted by atomic mass is 35.5. The van der Waals surface area contributed by atoms with Crippen molar-refractivity contribution in [3.05, 3.63) is 29.6 Å². The molecule has 1 aliphatic rings. The monoisotopic (exact) mass is 371 g/mol. The lowest BCUT2D eigenvalue weighted by Crippen LogP contribution is -2.41. The van der Waals surface area contributed by atoms with E-state index in [1.165, 1.54) is 0 Å². The predicted octanol–water partition coefficient (Wildman–Crippen LogP) is 2.69. The Morgan fingerprint density at radius 3 is 2.00 bits per heavy atom. The van der Waals surface area contributed by atoms with E-state index in [1.54, 1.807) is 0 Å². The Kier molecular flexibility index (Phi) is 8.78. The molecule has 130 valence electrons. The van der Waals surface area contributed by atoms with Gasteiger partial charge >= 0.3 is 0 Å². The van der Waals surface area contributed by atoms with Gasteiger partial charge in [-0.1, -0.05) is 0 Å². The standard InChI is InChI=1S/C13H16F3N5.2ClH/c14-9-6-8(7-10(15)11(9)16)19-12(17)20-13(18)21-4-2-1-3-5-21;;/h6-7H,1-5H2,(H4,17,18,19,20);2*1H. The fraction of sp³-hybridized carbons (Fsp3) is 0.385. The third-order valence-electron chi connectivity index (χ3n) is 3.12. The van der Waals surface area contributed by atoms with E-state index in [1.807, 2.05) is 4.90 Å². The number of nitrogens with two attached hydrogens (primary N) is 2. The van der Waals surface area contributed by atoms with Gasteiger partial charge in [0, 0.05) is 25.2 Å². The van der Waals surface area contributed by atoms with Crippen molar-refractivity contribution >= 4 is 42.4 Å². The second-order valence-corrected chi connectivity index (χ2v) is 4.71. The largest absolute Gasteiger partial charge is 0.369 e. The van der Waals surface area contributed by atoms with Crippen LogP contribution >= 0.6 is 24.8 Å². The topological polar surface area (TPSA) is 80.0 Å². The van der Waals surface area contributed by atoms with Crippen LogP contribution in [0.15, 0.2) is 22.1 Å². The molecule has 0 unspecified atom stereocenters. The minimum atomic E-state index is -1.55. The molecule has 0 aliphatic carbocycles. The van der Waals surface area contributed by atoms with Crippen LogP contribution in [-0.4, -0.2) is 29.9 Å². The minimum absolute atomic E-state index is 0. The summed E-state index contributed by atoms with van der Waals surface area (Å²) in [5.74, 6) is -4.27. The van der Waals surface area contributed by atoms with Gasteiger partial charge in [-0.2, -0.15) is 4.99 Å². The zero-order valence-corrected chi connectivity index (χ0v) is 13.8. The zero-order valence-electron chi connectivity index (χ0n) is 12.1. The van der Waals surface area contributed by atoms with Crippen molar-refractivity contribution in [3.63, 3.8) is 0 Å². The molecule has 2 rings (SSSR count). The van der Waals surface area contributed by atoms with Gasteiger partial charge in [0.2, 0.25) is 5.96 Å². The van der Waals surface area contributed by atoms with Crippen LogP contribution < -0.4 is 11.5 Å². The number of nitrogens with zero attached hydrogens (tertiary/aromatic N) is 3. The number of benzene rings is 1. The lowest BCUT2D eigenvalue weighted by atomic mass is 10.1. The summed E-state index contributed by atoms with van der Waals surface area (Å²) in [5, 5.41) is 0. The minimum Gasteiger partial charge on any atom is -0.369 e. The summed E-state index contributed by atoms with van der Waals surface area (Å²) in [7, 11) is 0. The highest BCUT2D eigenvalue weighted by Crippen LogP contribution is 2.19. The van der Waals surface area contributed by atoms with Crippen molar-refractivity contribution in [1.82, 2.24) is 4.90 Å². The smallest absolute Gasteiger partial charge is 0.223 e. The molecule has 0 bridgehead atoms. The number of hydrogen-bond donors (Lipinski definition) is 2. The average Bonchev–Trinajstić information content (AvgIpc) is 2.45. The van der Waals surface area contributed by atoms with Crippen molar-refractivity contribution in [2.45, 2.75) is 19.3 Å². The van der Waals surface area contributed by atoms with Gasteiger partial charge in [-0.15, -0.1) is 24.8 Å². The number of piperidine rings is 1. The number of aliphatic imine (C=N–C) groups is 2. The Morgan fingerprint density at radius 2 is 1.48 bits per heavy atom. The molecule has 1 heterocycles. The van der Waals surface area contributed by atoms with Crippen molar-refractivity contribution in [2.24, 2.45) is 21.5 Å². The van der Waals surface area contributed by atoms with E-state index in [0.29, 0.717) is 0 Å². The molecule has 1 aromatic rings. The molecule has 10 heteroatoms. The van der Waals surface area contributed by atoms with Crippen LogP contribution in [-0.2, 0) is 0 Å². The van der Waals surface area contributed by atoms with Crippen molar-refractivity contribution < 1.29 is 13.2 Å². The first kappa shape index (κ1) is 21.3. The highest BCUT2D eigenvalue weighted by Gasteiger charge is 2.13. The quantitative estimate of drug-likeness (QED) is 0.452. The van der Waals surface area contributed by atoms with Crippen LogP contribution in [0.3, 0.4) is 0 Å². The summed E-state index contributed by atoms with van der Waals surface area (Å²) in [6.07, 6.45) is 3.17. The molecule has 0 saturated carbocycles. The first-order valence-electron chi connectivity index (χ1n) is 6.55. The average molecular weight is 372 g/mol. The Balaban J connectivity index is 0.00000242. The molecule has 1 aliphatic heterocycles. The molecule has 5 nitrogen and oxygen atoms in total. The number of halogens is 5. The van der Waals surface area contributed by atoms with Crippen molar-refractivity contribution in [3.8, 4) is 0 Å². The highest BCUT2D eigenvalue weighted by molar-refractivity contribution is 5.94. The van der Waals surface area contributed by atoms with E-state index in [0.717, 1.165) is 44.5 Å². The van der Waals surface area contributed by atoms with Gasteiger partial charge in [0.15, 0.2) is 23.4 Å². The third kappa shape index (κ3) is 5.80. The van der Waals surface area contributed by atoms with E-state index in [2.05, 4.69) is 9.98 Å². The van der Waals surface area contributed by atoms with Gasteiger partial charge in [0.05, 0.1) is 5.69 Å². The molecule has 0 radical (unpaired) electrons. The zero-order chi connectivity index (χ0) is 15.4. The molecule has 1 saturated heterocycles. The fourth-order valence-electron chi connectivity index (χ4n) is 2.08. The van der Waals surface area contributed by atoms with E-state index >= 15 is 0 Å². The van der Waals surface area contributed by atoms with Crippen LogP contribution in [0.25, 0.3) is 0 Å². The summed E-state index contributed by atoms with van der Waals surface area (Å²) in [6.45, 7) is 1.56. The Hall–Kier alpha value is -1.67. The first-order valence-corrected chi connectivity index (χ1v) is 6.55. The molecule has 0 amide bonds. The van der Waals surface area contributed by atoms with Gasteiger partial charge in [0.25, 0.3) is 0 Å². The second kappa shape index (κ2) is 9.46. The normalized spacial score (nSPS) is 15.7. The SMILES string of the molecule is Cl.Cl.NC(=Nc1cc(F)c(F)c(F)c1)/N=C(/N)N1CCCCC1. The van der Waals surface area contributed by atoms with Crippen LogP contribution in [0, 0.1) is 17.5 Å². The molecule has 0 spiro atoms. The lowest BCUT2D eigenvalue weighted by Gasteiger charge is -2.27. The molecule has 1 fully saturated rings. The van der Waals surface area contributed by atoms with Crippen molar-refractivity contribution in [1.29, 1.82) is 0 Å². The summed E-state index contributed by atoms with van der Waals surface area (Å²) in [6, 6.07) is 1.47. The van der Waals surface area contributed by atoms with Gasteiger partial charge in [-0.3, -0.25) is 0 Å². The molecule has 1 aromatic carbocycles. The number of guanidine groups is 2. The van der Waals surface area contributed by atoms with E-state index < -0.39 is 17.5 Å². The summed E-state index contributed by atoms with van der Waals surface area (Å²) < 4.78 is 38.9. The van der Waals surface area contributed by atoms with E-state index in [4.69, 9.17) is 11.5 Å². The van der Waals surface area contributed by atoms with Gasteiger partial charge in [-0.25, -0.2) is 18.2 Å².